The highest BCUT2D eigenvalue weighted by atomic mass is 32.2. The number of aryl methyl sites for hydroxylation is 1. The maximum atomic E-state index is 12.2. The highest BCUT2D eigenvalue weighted by Crippen LogP contribution is 2.25. The molecule has 1 saturated carbocycles. The Balaban J connectivity index is 1.44. The molecule has 0 heterocycles. The van der Waals surface area contributed by atoms with Crippen molar-refractivity contribution in [1.82, 2.24) is 4.72 Å². The molecule has 0 atom stereocenters. The van der Waals surface area contributed by atoms with Gasteiger partial charge in [0.1, 0.15) is 5.75 Å². The molecule has 1 fully saturated rings. The van der Waals surface area contributed by atoms with Gasteiger partial charge in [0.05, 0.1) is 11.0 Å². The average Bonchev–Trinajstić information content (AvgIpc) is 3.16. The summed E-state index contributed by atoms with van der Waals surface area (Å²) < 4.78 is 32.8. The molecule has 0 aromatic heterocycles. The monoisotopic (exact) mass is 402 g/mol. The van der Waals surface area contributed by atoms with Crippen LogP contribution in [0.1, 0.15) is 37.7 Å². The van der Waals surface area contributed by atoms with E-state index in [1.54, 1.807) is 36.4 Å². The van der Waals surface area contributed by atoms with E-state index in [0.717, 1.165) is 24.2 Å². The molecule has 2 aromatic carbocycles. The van der Waals surface area contributed by atoms with Gasteiger partial charge in [-0.25, -0.2) is 13.1 Å². The van der Waals surface area contributed by atoms with E-state index < -0.39 is 10.0 Å². The van der Waals surface area contributed by atoms with Gasteiger partial charge in [0, 0.05) is 18.7 Å². The summed E-state index contributed by atoms with van der Waals surface area (Å²) in [7, 11) is -3.61. The van der Waals surface area contributed by atoms with Gasteiger partial charge in [-0.05, 0) is 69.0 Å². The van der Waals surface area contributed by atoms with Crippen molar-refractivity contribution in [2.45, 2.75) is 50.0 Å². The minimum absolute atomic E-state index is 0.0327. The van der Waals surface area contributed by atoms with E-state index in [2.05, 4.69) is 10.0 Å². The highest BCUT2D eigenvalue weighted by Gasteiger charge is 2.16. The van der Waals surface area contributed by atoms with Crippen molar-refractivity contribution in [1.29, 1.82) is 0 Å². The molecule has 0 unspecified atom stereocenters. The molecular weight excluding hydrogens is 376 g/mol. The molecule has 1 amide bonds. The number of carbonyl (C=O) groups excluding carboxylic acids is 1. The topological polar surface area (TPSA) is 84.5 Å². The summed E-state index contributed by atoms with van der Waals surface area (Å²) >= 11 is 0. The number of carbonyl (C=O) groups is 1. The van der Waals surface area contributed by atoms with E-state index in [1.807, 2.05) is 19.1 Å². The predicted molar refractivity (Wildman–Crippen MR) is 109 cm³/mol. The molecule has 7 heteroatoms. The SMILES string of the molecule is Cc1ccc(S(=O)(=O)NCCC(=O)Nc2ccc(OC3CCCC3)cc2)cc1. The third-order valence-corrected chi connectivity index (χ3v) is 6.20. The molecule has 0 saturated heterocycles. The Kier molecular flexibility index (Phi) is 6.70. The Morgan fingerprint density at radius 2 is 1.68 bits per heavy atom. The van der Waals surface area contributed by atoms with Crippen LogP contribution >= 0.6 is 0 Å². The molecule has 3 rings (SSSR count). The van der Waals surface area contributed by atoms with Gasteiger partial charge in [0.2, 0.25) is 15.9 Å². The highest BCUT2D eigenvalue weighted by molar-refractivity contribution is 7.89. The lowest BCUT2D eigenvalue weighted by molar-refractivity contribution is -0.116. The van der Waals surface area contributed by atoms with Gasteiger partial charge in [-0.1, -0.05) is 17.7 Å². The molecule has 2 N–H and O–H groups in total. The van der Waals surface area contributed by atoms with Crippen LogP contribution in [0.4, 0.5) is 5.69 Å². The zero-order valence-corrected chi connectivity index (χ0v) is 16.8. The second-order valence-electron chi connectivity index (χ2n) is 7.06. The van der Waals surface area contributed by atoms with Crippen LogP contribution in [0.25, 0.3) is 0 Å². The van der Waals surface area contributed by atoms with Crippen molar-refractivity contribution < 1.29 is 17.9 Å². The summed E-state index contributed by atoms with van der Waals surface area (Å²) in [5.74, 6) is 0.548. The number of rotatable bonds is 8. The van der Waals surface area contributed by atoms with Crippen molar-refractivity contribution in [2.75, 3.05) is 11.9 Å². The van der Waals surface area contributed by atoms with E-state index in [1.165, 1.54) is 12.8 Å². The summed E-state index contributed by atoms with van der Waals surface area (Å²) in [6.07, 6.45) is 4.96. The minimum atomic E-state index is -3.61. The predicted octanol–water partition coefficient (Wildman–Crippen LogP) is 3.62. The summed E-state index contributed by atoms with van der Waals surface area (Å²) in [6.45, 7) is 1.92. The fourth-order valence-corrected chi connectivity index (χ4v) is 4.17. The number of amides is 1. The molecule has 0 spiro atoms. The van der Waals surface area contributed by atoms with Crippen molar-refractivity contribution >= 4 is 21.6 Å². The van der Waals surface area contributed by atoms with Gasteiger partial charge in [-0.15, -0.1) is 0 Å². The van der Waals surface area contributed by atoms with Crippen LogP contribution in [0.5, 0.6) is 5.75 Å². The van der Waals surface area contributed by atoms with Crippen molar-refractivity contribution in [2.24, 2.45) is 0 Å². The number of benzene rings is 2. The Morgan fingerprint density at radius 3 is 2.32 bits per heavy atom. The van der Waals surface area contributed by atoms with Crippen LogP contribution < -0.4 is 14.8 Å². The normalized spacial score (nSPS) is 14.8. The third kappa shape index (κ3) is 5.81. The maximum absolute atomic E-state index is 12.2. The fraction of sp³-hybridized carbons (Fsp3) is 0.381. The second kappa shape index (κ2) is 9.21. The van der Waals surface area contributed by atoms with Gasteiger partial charge in [0.25, 0.3) is 0 Å². The smallest absolute Gasteiger partial charge is 0.240 e. The van der Waals surface area contributed by atoms with Crippen LogP contribution in [0.2, 0.25) is 0 Å². The van der Waals surface area contributed by atoms with Crippen LogP contribution in [-0.4, -0.2) is 27.0 Å². The standard InChI is InChI=1S/C21H26N2O4S/c1-16-6-12-20(13-7-16)28(25,26)22-15-14-21(24)23-17-8-10-19(11-9-17)27-18-4-2-3-5-18/h6-13,18,22H,2-5,14-15H2,1H3,(H,23,24). The number of ether oxygens (including phenoxy) is 1. The number of hydrogen-bond acceptors (Lipinski definition) is 4. The maximum Gasteiger partial charge on any atom is 0.240 e. The second-order valence-corrected chi connectivity index (χ2v) is 8.82. The molecule has 0 bridgehead atoms. The molecular formula is C21H26N2O4S. The van der Waals surface area contributed by atoms with E-state index in [4.69, 9.17) is 4.74 Å². The minimum Gasteiger partial charge on any atom is -0.490 e. The van der Waals surface area contributed by atoms with E-state index in [-0.39, 0.29) is 23.8 Å². The van der Waals surface area contributed by atoms with Gasteiger partial charge in [-0.2, -0.15) is 0 Å². The molecule has 1 aliphatic carbocycles. The summed E-state index contributed by atoms with van der Waals surface area (Å²) in [5.41, 5.74) is 1.64. The molecule has 28 heavy (non-hydrogen) atoms. The Labute approximate surface area is 166 Å². The first kappa shape index (κ1) is 20.4. The summed E-state index contributed by atoms with van der Waals surface area (Å²) in [4.78, 5) is 12.3. The Morgan fingerprint density at radius 1 is 1.04 bits per heavy atom. The molecule has 0 aliphatic heterocycles. The van der Waals surface area contributed by atoms with Gasteiger partial charge >= 0.3 is 0 Å². The average molecular weight is 403 g/mol. The summed E-state index contributed by atoms with van der Waals surface area (Å²) in [5, 5.41) is 2.77. The van der Waals surface area contributed by atoms with Crippen LogP contribution in [0, 0.1) is 6.92 Å². The largest absolute Gasteiger partial charge is 0.490 e. The number of anilines is 1. The Hall–Kier alpha value is -2.38. The first-order valence-electron chi connectivity index (χ1n) is 9.55. The van der Waals surface area contributed by atoms with Gasteiger partial charge in [0.15, 0.2) is 0 Å². The first-order chi connectivity index (χ1) is 13.4. The summed E-state index contributed by atoms with van der Waals surface area (Å²) in [6, 6.07) is 13.8. The van der Waals surface area contributed by atoms with Gasteiger partial charge < -0.3 is 10.1 Å². The van der Waals surface area contributed by atoms with Crippen LogP contribution in [0.15, 0.2) is 53.4 Å². The van der Waals surface area contributed by atoms with Crippen molar-refractivity contribution in [3.05, 3.63) is 54.1 Å². The lowest BCUT2D eigenvalue weighted by atomic mass is 10.2. The van der Waals surface area contributed by atoms with E-state index in [0.29, 0.717) is 11.8 Å². The van der Waals surface area contributed by atoms with Crippen LogP contribution in [-0.2, 0) is 14.8 Å². The third-order valence-electron chi connectivity index (χ3n) is 4.72. The number of hydrogen-bond donors (Lipinski definition) is 2. The van der Waals surface area contributed by atoms with Crippen LogP contribution in [0.3, 0.4) is 0 Å². The molecule has 6 nitrogen and oxygen atoms in total. The zero-order valence-electron chi connectivity index (χ0n) is 16.0. The van der Waals surface area contributed by atoms with Crippen molar-refractivity contribution in [3.8, 4) is 5.75 Å². The van der Waals surface area contributed by atoms with E-state index >= 15 is 0 Å². The zero-order chi connectivity index (χ0) is 20.0. The van der Waals surface area contributed by atoms with Crippen molar-refractivity contribution in [3.63, 3.8) is 0 Å². The molecule has 0 radical (unpaired) electrons. The van der Waals surface area contributed by atoms with E-state index in [9.17, 15) is 13.2 Å². The molecule has 150 valence electrons. The number of nitrogens with one attached hydrogen (secondary N) is 2. The molecule has 2 aromatic rings. The Bertz CT molecular complexity index is 887. The van der Waals surface area contributed by atoms with Gasteiger partial charge in [-0.3, -0.25) is 4.79 Å². The molecule has 1 aliphatic rings. The fourth-order valence-electron chi connectivity index (χ4n) is 3.14. The number of sulfonamides is 1. The first-order valence-corrected chi connectivity index (χ1v) is 11.0. The lowest BCUT2D eigenvalue weighted by Crippen LogP contribution is -2.27. The quantitative estimate of drug-likeness (QED) is 0.706. The lowest BCUT2D eigenvalue weighted by Gasteiger charge is -2.13.